The SMILES string of the molecule is CCNc1cc([N+](=O)[O-])cc(Cl)c1O. The monoisotopic (exact) mass is 216 g/mol. The topological polar surface area (TPSA) is 75.4 Å². The molecule has 1 rings (SSSR count). The molecular weight excluding hydrogens is 208 g/mol. The van der Waals surface area contributed by atoms with E-state index in [9.17, 15) is 15.2 Å². The molecule has 0 heterocycles. The lowest BCUT2D eigenvalue weighted by Gasteiger charge is -2.06. The number of hydrogen-bond donors (Lipinski definition) is 2. The molecule has 0 amide bonds. The summed E-state index contributed by atoms with van der Waals surface area (Å²) in [5, 5.41) is 22.6. The van der Waals surface area contributed by atoms with Crippen LogP contribution in [0.4, 0.5) is 11.4 Å². The van der Waals surface area contributed by atoms with Gasteiger partial charge in [0.15, 0.2) is 5.75 Å². The molecule has 0 radical (unpaired) electrons. The zero-order chi connectivity index (χ0) is 10.7. The number of nitro groups is 1. The van der Waals surface area contributed by atoms with Crippen molar-refractivity contribution in [3.05, 3.63) is 27.3 Å². The number of aromatic hydroxyl groups is 1. The van der Waals surface area contributed by atoms with E-state index >= 15 is 0 Å². The fourth-order valence-corrected chi connectivity index (χ4v) is 1.23. The van der Waals surface area contributed by atoms with Crippen LogP contribution in [0.3, 0.4) is 0 Å². The van der Waals surface area contributed by atoms with E-state index in [0.717, 1.165) is 6.07 Å². The van der Waals surface area contributed by atoms with Crippen molar-refractivity contribution in [3.8, 4) is 5.75 Å². The Hall–Kier alpha value is -1.49. The Balaban J connectivity index is 3.20. The van der Waals surface area contributed by atoms with Gasteiger partial charge in [0.05, 0.1) is 15.6 Å². The molecule has 0 saturated heterocycles. The van der Waals surface area contributed by atoms with Crippen molar-refractivity contribution in [1.29, 1.82) is 0 Å². The van der Waals surface area contributed by atoms with Crippen LogP contribution in [-0.2, 0) is 0 Å². The van der Waals surface area contributed by atoms with Gasteiger partial charge in [-0.05, 0) is 6.92 Å². The molecular formula is C8H9ClN2O3. The van der Waals surface area contributed by atoms with Gasteiger partial charge in [-0.15, -0.1) is 0 Å². The van der Waals surface area contributed by atoms with Crippen molar-refractivity contribution < 1.29 is 10.0 Å². The molecule has 0 aromatic heterocycles. The number of nitrogens with one attached hydrogen (secondary N) is 1. The van der Waals surface area contributed by atoms with Crippen LogP contribution in [0.1, 0.15) is 6.92 Å². The average Bonchev–Trinajstić information content (AvgIpc) is 2.12. The van der Waals surface area contributed by atoms with Gasteiger partial charge in [0.2, 0.25) is 0 Å². The Morgan fingerprint density at radius 2 is 2.29 bits per heavy atom. The lowest BCUT2D eigenvalue weighted by Crippen LogP contribution is -1.98. The molecule has 2 N–H and O–H groups in total. The minimum Gasteiger partial charge on any atom is -0.504 e. The van der Waals surface area contributed by atoms with Crippen LogP contribution in [0.15, 0.2) is 12.1 Å². The zero-order valence-corrected chi connectivity index (χ0v) is 8.21. The summed E-state index contributed by atoms with van der Waals surface area (Å²) in [7, 11) is 0. The number of rotatable bonds is 3. The normalized spacial score (nSPS) is 9.86. The highest BCUT2D eigenvalue weighted by molar-refractivity contribution is 6.32. The molecule has 0 unspecified atom stereocenters. The Labute approximate surface area is 85.5 Å². The van der Waals surface area contributed by atoms with Gasteiger partial charge in [0, 0.05) is 18.7 Å². The molecule has 0 saturated carbocycles. The van der Waals surface area contributed by atoms with Gasteiger partial charge in [0.1, 0.15) is 0 Å². The summed E-state index contributed by atoms with van der Waals surface area (Å²) < 4.78 is 0. The molecule has 0 spiro atoms. The molecule has 0 aliphatic heterocycles. The highest BCUT2D eigenvalue weighted by Crippen LogP contribution is 2.35. The minimum atomic E-state index is -0.563. The van der Waals surface area contributed by atoms with E-state index in [0.29, 0.717) is 6.54 Å². The summed E-state index contributed by atoms with van der Waals surface area (Å²) in [4.78, 5) is 9.90. The Morgan fingerprint density at radius 3 is 2.79 bits per heavy atom. The molecule has 76 valence electrons. The standard InChI is InChI=1S/C8H9ClN2O3/c1-2-10-7-4-5(11(13)14)3-6(9)8(7)12/h3-4,10,12H,2H2,1H3. The van der Waals surface area contributed by atoms with Gasteiger partial charge < -0.3 is 10.4 Å². The summed E-state index contributed by atoms with van der Waals surface area (Å²) in [6, 6.07) is 2.35. The highest BCUT2D eigenvalue weighted by atomic mass is 35.5. The first-order valence-electron chi connectivity index (χ1n) is 3.97. The van der Waals surface area contributed by atoms with Gasteiger partial charge in [-0.3, -0.25) is 10.1 Å². The van der Waals surface area contributed by atoms with Crippen molar-refractivity contribution in [2.75, 3.05) is 11.9 Å². The van der Waals surface area contributed by atoms with Crippen LogP contribution >= 0.6 is 11.6 Å². The second-order valence-electron chi connectivity index (χ2n) is 2.61. The van der Waals surface area contributed by atoms with E-state index in [2.05, 4.69) is 5.32 Å². The average molecular weight is 217 g/mol. The van der Waals surface area contributed by atoms with Gasteiger partial charge in [-0.25, -0.2) is 0 Å². The predicted molar refractivity (Wildman–Crippen MR) is 53.9 cm³/mol. The molecule has 0 bridgehead atoms. The van der Waals surface area contributed by atoms with Crippen LogP contribution in [0, 0.1) is 10.1 Å². The second-order valence-corrected chi connectivity index (χ2v) is 3.02. The Bertz CT molecular complexity index is 368. The smallest absolute Gasteiger partial charge is 0.273 e. The number of hydrogen-bond acceptors (Lipinski definition) is 4. The van der Waals surface area contributed by atoms with Crippen LogP contribution in [0.25, 0.3) is 0 Å². The maximum absolute atomic E-state index is 10.5. The number of halogens is 1. The minimum absolute atomic E-state index is 0.0323. The number of phenols is 1. The maximum Gasteiger partial charge on any atom is 0.273 e. The predicted octanol–water partition coefficient (Wildman–Crippen LogP) is 2.39. The fraction of sp³-hybridized carbons (Fsp3) is 0.250. The second kappa shape index (κ2) is 4.15. The third kappa shape index (κ3) is 2.05. The summed E-state index contributed by atoms with van der Waals surface area (Å²) in [6.07, 6.45) is 0. The van der Waals surface area contributed by atoms with Gasteiger partial charge >= 0.3 is 0 Å². The number of non-ortho nitro benzene ring substituents is 1. The van der Waals surface area contributed by atoms with Crippen LogP contribution in [0.5, 0.6) is 5.75 Å². The number of nitrogens with zero attached hydrogens (tertiary/aromatic N) is 1. The number of nitro benzene ring substituents is 1. The van der Waals surface area contributed by atoms with Gasteiger partial charge in [-0.1, -0.05) is 11.6 Å². The summed E-state index contributed by atoms with van der Waals surface area (Å²) >= 11 is 5.60. The van der Waals surface area contributed by atoms with E-state index in [4.69, 9.17) is 11.6 Å². The van der Waals surface area contributed by atoms with Crippen molar-refractivity contribution in [3.63, 3.8) is 0 Å². The van der Waals surface area contributed by atoms with Crippen molar-refractivity contribution in [1.82, 2.24) is 0 Å². The van der Waals surface area contributed by atoms with E-state index in [-0.39, 0.29) is 22.1 Å². The highest BCUT2D eigenvalue weighted by Gasteiger charge is 2.14. The first-order chi connectivity index (χ1) is 6.56. The summed E-state index contributed by atoms with van der Waals surface area (Å²) in [5.41, 5.74) is 0.121. The van der Waals surface area contributed by atoms with Crippen LogP contribution < -0.4 is 5.32 Å². The Kier molecular flexibility index (Phi) is 3.14. The molecule has 0 aliphatic rings. The third-order valence-corrected chi connectivity index (χ3v) is 1.91. The molecule has 0 fully saturated rings. The third-order valence-electron chi connectivity index (χ3n) is 1.63. The fourth-order valence-electron chi connectivity index (χ4n) is 1.02. The lowest BCUT2D eigenvalue weighted by molar-refractivity contribution is -0.384. The lowest BCUT2D eigenvalue weighted by atomic mass is 10.2. The molecule has 5 nitrogen and oxygen atoms in total. The first-order valence-corrected chi connectivity index (χ1v) is 4.34. The van der Waals surface area contributed by atoms with Gasteiger partial charge in [0.25, 0.3) is 5.69 Å². The number of phenolic OH excluding ortho intramolecular Hbond substituents is 1. The Morgan fingerprint density at radius 1 is 1.64 bits per heavy atom. The number of anilines is 1. The van der Waals surface area contributed by atoms with E-state index in [1.807, 2.05) is 6.92 Å². The summed E-state index contributed by atoms with van der Waals surface area (Å²) in [5.74, 6) is -0.167. The molecule has 6 heteroatoms. The van der Waals surface area contributed by atoms with Crippen LogP contribution in [0.2, 0.25) is 5.02 Å². The van der Waals surface area contributed by atoms with Crippen LogP contribution in [-0.4, -0.2) is 16.6 Å². The maximum atomic E-state index is 10.5. The van der Waals surface area contributed by atoms with E-state index in [1.54, 1.807) is 0 Å². The van der Waals surface area contributed by atoms with Gasteiger partial charge in [-0.2, -0.15) is 0 Å². The summed E-state index contributed by atoms with van der Waals surface area (Å²) in [6.45, 7) is 2.36. The van der Waals surface area contributed by atoms with Crippen molar-refractivity contribution in [2.45, 2.75) is 6.92 Å². The number of benzene rings is 1. The molecule has 14 heavy (non-hydrogen) atoms. The van der Waals surface area contributed by atoms with E-state index < -0.39 is 4.92 Å². The molecule has 0 aliphatic carbocycles. The zero-order valence-electron chi connectivity index (χ0n) is 7.45. The molecule has 0 atom stereocenters. The van der Waals surface area contributed by atoms with Crippen molar-refractivity contribution in [2.24, 2.45) is 0 Å². The first kappa shape index (κ1) is 10.6. The van der Waals surface area contributed by atoms with E-state index in [1.165, 1.54) is 6.07 Å². The quantitative estimate of drug-likeness (QED) is 0.462. The molecule has 1 aromatic carbocycles. The largest absolute Gasteiger partial charge is 0.504 e. The molecule has 1 aromatic rings. The van der Waals surface area contributed by atoms with Crippen molar-refractivity contribution >= 4 is 23.0 Å².